The van der Waals surface area contributed by atoms with E-state index in [0.29, 0.717) is 0 Å². The lowest BCUT2D eigenvalue weighted by atomic mass is 9.99. The van der Waals surface area contributed by atoms with Gasteiger partial charge in [-0.05, 0) is 0 Å². The molecule has 0 spiro atoms. The molecule has 0 saturated carbocycles. The van der Waals surface area contributed by atoms with E-state index in [1.165, 1.54) is 18.2 Å². The third-order valence-electron chi connectivity index (χ3n) is 1.70. The number of nitrogens with zero attached hydrogens (tertiary/aromatic N) is 1. The van der Waals surface area contributed by atoms with Crippen molar-refractivity contribution in [2.75, 3.05) is 0 Å². The van der Waals surface area contributed by atoms with E-state index in [-0.39, 0.29) is 5.56 Å². The Labute approximate surface area is 80.4 Å². The van der Waals surface area contributed by atoms with Gasteiger partial charge >= 0.3 is 5.97 Å². The first-order chi connectivity index (χ1) is 6.66. The van der Waals surface area contributed by atoms with Crippen molar-refractivity contribution in [1.82, 2.24) is 0 Å². The molecule has 1 N–H and O–H groups in total. The van der Waals surface area contributed by atoms with Gasteiger partial charge < -0.3 is 5.11 Å². The maximum Gasteiger partial charge on any atom is 0.329 e. The van der Waals surface area contributed by atoms with Crippen LogP contribution in [0.2, 0.25) is 0 Å². The second kappa shape index (κ2) is 4.19. The molecule has 0 aliphatic heterocycles. The second-order valence-electron chi connectivity index (χ2n) is 2.63. The Hall–Kier alpha value is -2.15. The molecule has 0 heterocycles. The molecule has 1 rings (SSSR count). The first-order valence-electron chi connectivity index (χ1n) is 3.88. The number of carbonyl (C=O) groups is 2. The van der Waals surface area contributed by atoms with Crippen LogP contribution in [0.1, 0.15) is 10.4 Å². The summed E-state index contributed by atoms with van der Waals surface area (Å²) in [6, 6.07) is 9.35. The third kappa shape index (κ3) is 1.96. The van der Waals surface area contributed by atoms with Crippen LogP contribution in [0.4, 0.5) is 0 Å². The van der Waals surface area contributed by atoms with Crippen LogP contribution in [0.15, 0.2) is 30.3 Å². The summed E-state index contributed by atoms with van der Waals surface area (Å²) in [5, 5.41) is 17.0. The highest BCUT2D eigenvalue weighted by Gasteiger charge is 2.26. The number of hydrogen-bond donors (Lipinski definition) is 1. The van der Waals surface area contributed by atoms with Crippen LogP contribution in [-0.4, -0.2) is 16.9 Å². The Balaban J connectivity index is 2.97. The Kier molecular flexibility index (Phi) is 2.97. The fourth-order valence-corrected chi connectivity index (χ4v) is 0.995. The summed E-state index contributed by atoms with van der Waals surface area (Å²) in [5.41, 5.74) is 0.237. The van der Waals surface area contributed by atoms with Crippen molar-refractivity contribution in [3.63, 3.8) is 0 Å². The van der Waals surface area contributed by atoms with Crippen LogP contribution >= 0.6 is 0 Å². The summed E-state index contributed by atoms with van der Waals surface area (Å²) >= 11 is 0. The molecule has 1 unspecified atom stereocenters. The van der Waals surface area contributed by atoms with Crippen LogP contribution in [-0.2, 0) is 4.79 Å². The number of carboxylic acids is 1. The quantitative estimate of drug-likeness (QED) is 0.570. The first kappa shape index (κ1) is 9.93. The van der Waals surface area contributed by atoms with E-state index in [0.717, 1.165) is 0 Å². The number of carbonyl (C=O) groups excluding carboxylic acids is 1. The van der Waals surface area contributed by atoms with Crippen molar-refractivity contribution < 1.29 is 14.7 Å². The lowest BCUT2D eigenvalue weighted by Gasteiger charge is -2.01. The predicted octanol–water partition coefficient (Wildman–Crippen LogP) is 1.09. The van der Waals surface area contributed by atoms with E-state index in [1.807, 2.05) is 0 Å². The summed E-state index contributed by atoms with van der Waals surface area (Å²) < 4.78 is 0. The maximum atomic E-state index is 11.4. The highest BCUT2D eigenvalue weighted by molar-refractivity contribution is 6.10. The largest absolute Gasteiger partial charge is 0.480 e. The van der Waals surface area contributed by atoms with Gasteiger partial charge in [0.25, 0.3) is 0 Å². The molecule has 70 valence electrons. The monoisotopic (exact) mass is 189 g/mol. The van der Waals surface area contributed by atoms with E-state index in [4.69, 9.17) is 10.4 Å². The summed E-state index contributed by atoms with van der Waals surface area (Å²) in [4.78, 5) is 21.9. The average Bonchev–Trinajstić information content (AvgIpc) is 2.19. The molecule has 0 aliphatic carbocycles. The van der Waals surface area contributed by atoms with Gasteiger partial charge in [0.1, 0.15) is 0 Å². The minimum Gasteiger partial charge on any atom is -0.480 e. The molecular formula is C10H7NO3. The Bertz CT molecular complexity index is 392. The van der Waals surface area contributed by atoms with Crippen molar-refractivity contribution in [1.29, 1.82) is 5.26 Å². The van der Waals surface area contributed by atoms with Gasteiger partial charge in [-0.25, -0.2) is 0 Å². The molecule has 0 radical (unpaired) electrons. The number of rotatable bonds is 3. The smallest absolute Gasteiger partial charge is 0.329 e. The lowest BCUT2D eigenvalue weighted by Crippen LogP contribution is -2.22. The van der Waals surface area contributed by atoms with E-state index in [1.54, 1.807) is 18.2 Å². The molecule has 0 bridgehead atoms. The molecule has 4 nitrogen and oxygen atoms in total. The first-order valence-corrected chi connectivity index (χ1v) is 3.88. The zero-order chi connectivity index (χ0) is 10.6. The van der Waals surface area contributed by atoms with Gasteiger partial charge in [-0.2, -0.15) is 5.26 Å². The average molecular weight is 189 g/mol. The Morgan fingerprint density at radius 3 is 2.29 bits per heavy atom. The Morgan fingerprint density at radius 2 is 1.86 bits per heavy atom. The summed E-state index contributed by atoms with van der Waals surface area (Å²) in [5.74, 6) is -3.71. The molecule has 0 amide bonds. The fraction of sp³-hybridized carbons (Fsp3) is 0.100. The lowest BCUT2D eigenvalue weighted by molar-refractivity contribution is -0.138. The number of hydrogen-bond acceptors (Lipinski definition) is 3. The zero-order valence-corrected chi connectivity index (χ0v) is 7.18. The van der Waals surface area contributed by atoms with Gasteiger partial charge in [0.05, 0.1) is 6.07 Å². The van der Waals surface area contributed by atoms with Crippen molar-refractivity contribution in [3.8, 4) is 6.07 Å². The highest BCUT2D eigenvalue weighted by atomic mass is 16.4. The molecule has 0 aromatic heterocycles. The minimum atomic E-state index is -1.61. The third-order valence-corrected chi connectivity index (χ3v) is 1.70. The van der Waals surface area contributed by atoms with Gasteiger partial charge in [0.2, 0.25) is 5.92 Å². The van der Waals surface area contributed by atoms with E-state index < -0.39 is 17.7 Å². The molecule has 0 fully saturated rings. The zero-order valence-electron chi connectivity index (χ0n) is 7.18. The molecule has 1 aromatic rings. The molecule has 14 heavy (non-hydrogen) atoms. The van der Waals surface area contributed by atoms with Gasteiger partial charge in [0, 0.05) is 5.56 Å². The van der Waals surface area contributed by atoms with Crippen LogP contribution in [0.25, 0.3) is 0 Å². The molecule has 4 heteroatoms. The van der Waals surface area contributed by atoms with Crippen molar-refractivity contribution in [2.24, 2.45) is 5.92 Å². The highest BCUT2D eigenvalue weighted by Crippen LogP contribution is 2.08. The number of ketones is 1. The predicted molar refractivity (Wildman–Crippen MR) is 47.5 cm³/mol. The van der Waals surface area contributed by atoms with Crippen LogP contribution in [0.3, 0.4) is 0 Å². The van der Waals surface area contributed by atoms with E-state index in [2.05, 4.69) is 0 Å². The number of Topliss-reactive ketones (excluding diaryl/α,β-unsaturated/α-hetero) is 1. The van der Waals surface area contributed by atoms with Crippen molar-refractivity contribution in [3.05, 3.63) is 35.9 Å². The molecular weight excluding hydrogens is 182 g/mol. The molecule has 1 atom stereocenters. The number of nitriles is 1. The molecule has 0 aliphatic rings. The molecule has 1 aromatic carbocycles. The van der Waals surface area contributed by atoms with Crippen LogP contribution in [0.5, 0.6) is 0 Å². The summed E-state index contributed by atoms with van der Waals surface area (Å²) in [6.07, 6.45) is 0. The Morgan fingerprint density at radius 1 is 1.29 bits per heavy atom. The number of benzene rings is 1. The molecule has 0 saturated heterocycles. The minimum absolute atomic E-state index is 0.237. The van der Waals surface area contributed by atoms with Gasteiger partial charge in [0.15, 0.2) is 5.78 Å². The topological polar surface area (TPSA) is 78.2 Å². The number of aliphatic carboxylic acids is 1. The fourth-order valence-electron chi connectivity index (χ4n) is 0.995. The van der Waals surface area contributed by atoms with Crippen molar-refractivity contribution in [2.45, 2.75) is 0 Å². The van der Waals surface area contributed by atoms with Gasteiger partial charge in [-0.1, -0.05) is 30.3 Å². The normalized spacial score (nSPS) is 11.4. The second-order valence-corrected chi connectivity index (χ2v) is 2.63. The standard InChI is InChI=1S/C10H7NO3/c11-6-8(10(13)14)9(12)7-4-2-1-3-5-7/h1-5,8H,(H,13,14). The van der Waals surface area contributed by atoms with E-state index >= 15 is 0 Å². The van der Waals surface area contributed by atoms with Gasteiger partial charge in [-0.15, -0.1) is 0 Å². The SMILES string of the molecule is N#CC(C(=O)O)C(=O)c1ccccc1. The van der Waals surface area contributed by atoms with Crippen LogP contribution in [0, 0.1) is 17.2 Å². The van der Waals surface area contributed by atoms with Gasteiger partial charge in [-0.3, -0.25) is 9.59 Å². The number of carboxylic acid groups (broad SMARTS) is 1. The van der Waals surface area contributed by atoms with Crippen molar-refractivity contribution >= 4 is 11.8 Å². The van der Waals surface area contributed by atoms with Crippen LogP contribution < -0.4 is 0 Å². The maximum absolute atomic E-state index is 11.4. The van der Waals surface area contributed by atoms with E-state index in [9.17, 15) is 9.59 Å². The summed E-state index contributed by atoms with van der Waals surface area (Å²) in [7, 11) is 0. The summed E-state index contributed by atoms with van der Waals surface area (Å²) in [6.45, 7) is 0.